The maximum Gasteiger partial charge on any atom is 0.156 e. The molecule has 8 heteroatoms. The fourth-order valence-electron chi connectivity index (χ4n) is 2.11. The maximum absolute atomic E-state index is 14.8. The molecule has 0 aromatic carbocycles. The molecule has 0 amide bonds. The van der Waals surface area contributed by atoms with Crippen molar-refractivity contribution in [1.29, 1.82) is 0 Å². The van der Waals surface area contributed by atoms with Crippen molar-refractivity contribution in [2.24, 2.45) is 0 Å². The minimum absolute atomic E-state index is 0.127. The van der Waals surface area contributed by atoms with Crippen LogP contribution < -0.4 is 0 Å². The van der Waals surface area contributed by atoms with Crippen LogP contribution >= 0.6 is 39.1 Å². The molecule has 0 bridgehead atoms. The summed E-state index contributed by atoms with van der Waals surface area (Å²) in [7, 11) is 0. The molecule has 0 saturated heterocycles. The first-order chi connectivity index (χ1) is 11.0. The van der Waals surface area contributed by atoms with E-state index in [1.807, 2.05) is 0 Å². The number of pyridine rings is 2. The lowest BCUT2D eigenvalue weighted by molar-refractivity contribution is 0.622. The third kappa shape index (κ3) is 2.94. The summed E-state index contributed by atoms with van der Waals surface area (Å²) in [6, 6.07) is 1.64. The Balaban J connectivity index is 2.38. The topological polar surface area (TPSA) is 51.6 Å². The van der Waals surface area contributed by atoms with Crippen LogP contribution in [0.2, 0.25) is 10.2 Å². The molecule has 4 nitrogen and oxygen atoms in total. The smallest absolute Gasteiger partial charge is 0.156 e. The fourth-order valence-corrected chi connectivity index (χ4v) is 2.75. The van der Waals surface area contributed by atoms with Crippen LogP contribution in [0.25, 0.3) is 22.6 Å². The second-order valence-electron chi connectivity index (χ2n) is 4.61. The van der Waals surface area contributed by atoms with Crippen molar-refractivity contribution in [3.05, 3.63) is 56.9 Å². The highest BCUT2D eigenvalue weighted by atomic mass is 79.9. The van der Waals surface area contributed by atoms with Gasteiger partial charge < -0.3 is 0 Å². The van der Waals surface area contributed by atoms with Gasteiger partial charge in [-0.15, -0.1) is 0 Å². The van der Waals surface area contributed by atoms with Crippen LogP contribution in [0.4, 0.5) is 4.39 Å². The Morgan fingerprint density at radius 2 is 1.65 bits per heavy atom. The highest BCUT2D eigenvalue weighted by Crippen LogP contribution is 2.38. The van der Waals surface area contributed by atoms with Crippen molar-refractivity contribution in [1.82, 2.24) is 19.9 Å². The zero-order chi connectivity index (χ0) is 16.6. The van der Waals surface area contributed by atoms with E-state index >= 15 is 0 Å². The monoisotopic (exact) mass is 412 g/mol. The maximum atomic E-state index is 14.8. The van der Waals surface area contributed by atoms with Gasteiger partial charge in [0.05, 0.1) is 15.7 Å². The molecule has 0 radical (unpaired) electrons. The predicted octanol–water partition coefficient (Wildman–Crippen LogP) is 5.12. The zero-order valence-electron chi connectivity index (χ0n) is 11.7. The Hall–Kier alpha value is -1.63. The van der Waals surface area contributed by atoms with Gasteiger partial charge in [-0.05, 0) is 34.5 Å². The highest BCUT2D eigenvalue weighted by Gasteiger charge is 2.23. The van der Waals surface area contributed by atoms with E-state index in [1.165, 1.54) is 24.8 Å². The Kier molecular flexibility index (Phi) is 4.57. The number of hydrogen-bond acceptors (Lipinski definition) is 4. The second kappa shape index (κ2) is 6.47. The molecule has 3 aromatic rings. The van der Waals surface area contributed by atoms with Crippen molar-refractivity contribution < 1.29 is 4.39 Å². The summed E-state index contributed by atoms with van der Waals surface area (Å²) >= 11 is 15.4. The van der Waals surface area contributed by atoms with Gasteiger partial charge in [-0.3, -0.25) is 9.97 Å². The summed E-state index contributed by atoms with van der Waals surface area (Å²) < 4.78 is 15.0. The van der Waals surface area contributed by atoms with Crippen LogP contribution in [0.1, 0.15) is 5.56 Å². The molecule has 116 valence electrons. The lowest BCUT2D eigenvalue weighted by Crippen LogP contribution is -2.01. The van der Waals surface area contributed by atoms with E-state index in [0.29, 0.717) is 16.3 Å². The van der Waals surface area contributed by atoms with Crippen molar-refractivity contribution in [3.8, 4) is 22.6 Å². The molecule has 0 aliphatic rings. The van der Waals surface area contributed by atoms with Gasteiger partial charge in [0, 0.05) is 29.8 Å². The van der Waals surface area contributed by atoms with Crippen LogP contribution in [-0.2, 0) is 0 Å². The number of halogens is 4. The molecule has 0 N–H and O–H groups in total. The van der Waals surface area contributed by atoms with Gasteiger partial charge >= 0.3 is 0 Å². The van der Waals surface area contributed by atoms with Crippen LogP contribution in [0.15, 0.2) is 35.3 Å². The van der Waals surface area contributed by atoms with E-state index in [0.717, 1.165) is 0 Å². The first-order valence-corrected chi connectivity index (χ1v) is 7.98. The van der Waals surface area contributed by atoms with E-state index in [2.05, 4.69) is 35.9 Å². The summed E-state index contributed by atoms with van der Waals surface area (Å²) in [5.41, 5.74) is 1.70. The molecule has 3 rings (SSSR count). The van der Waals surface area contributed by atoms with E-state index < -0.39 is 5.82 Å². The molecule has 0 spiro atoms. The number of rotatable bonds is 2. The molecule has 23 heavy (non-hydrogen) atoms. The van der Waals surface area contributed by atoms with E-state index in [9.17, 15) is 4.39 Å². The second-order valence-corrected chi connectivity index (χ2v) is 6.23. The quantitative estimate of drug-likeness (QED) is 0.585. The average molecular weight is 414 g/mol. The standard InChI is InChI=1S/C15H8BrCl2FN4/c1-7-9(17)2-3-20-12(7)10-11(19)8(16)6-23-13(10)14-15(18)22-5-4-21-14/h2-6H,1H3. The lowest BCUT2D eigenvalue weighted by Gasteiger charge is -2.13. The normalized spacial score (nSPS) is 10.8. The summed E-state index contributed by atoms with van der Waals surface area (Å²) in [6.45, 7) is 1.76. The third-order valence-electron chi connectivity index (χ3n) is 3.23. The van der Waals surface area contributed by atoms with Gasteiger partial charge in [0.25, 0.3) is 0 Å². The van der Waals surface area contributed by atoms with Crippen LogP contribution in [0.3, 0.4) is 0 Å². The molecule has 0 unspecified atom stereocenters. The summed E-state index contributed by atoms with van der Waals surface area (Å²) in [4.78, 5) is 16.6. The average Bonchev–Trinajstić information content (AvgIpc) is 2.54. The summed E-state index contributed by atoms with van der Waals surface area (Å²) in [6.07, 6.45) is 5.76. The molecular formula is C15H8BrCl2FN4. The molecule has 0 aliphatic heterocycles. The number of nitrogens with zero attached hydrogens (tertiary/aromatic N) is 4. The molecule has 0 atom stereocenters. The van der Waals surface area contributed by atoms with Crippen LogP contribution in [0, 0.1) is 12.7 Å². The van der Waals surface area contributed by atoms with Crippen LogP contribution in [-0.4, -0.2) is 19.9 Å². The first-order valence-electron chi connectivity index (χ1n) is 6.43. The van der Waals surface area contributed by atoms with Gasteiger partial charge in [-0.1, -0.05) is 23.2 Å². The number of hydrogen-bond donors (Lipinski definition) is 0. The van der Waals surface area contributed by atoms with Crippen molar-refractivity contribution in [2.45, 2.75) is 6.92 Å². The summed E-state index contributed by atoms with van der Waals surface area (Å²) in [5.74, 6) is -0.519. The minimum atomic E-state index is -0.519. The molecule has 0 aliphatic carbocycles. The lowest BCUT2D eigenvalue weighted by atomic mass is 10.0. The Labute approximate surface area is 149 Å². The van der Waals surface area contributed by atoms with Gasteiger partial charge in [-0.2, -0.15) is 0 Å². The fraction of sp³-hybridized carbons (Fsp3) is 0.0667. The Morgan fingerprint density at radius 3 is 2.39 bits per heavy atom. The minimum Gasteiger partial charge on any atom is -0.256 e. The van der Waals surface area contributed by atoms with E-state index in [1.54, 1.807) is 13.0 Å². The van der Waals surface area contributed by atoms with E-state index in [4.69, 9.17) is 23.2 Å². The van der Waals surface area contributed by atoms with Gasteiger partial charge in [0.15, 0.2) is 11.0 Å². The van der Waals surface area contributed by atoms with Gasteiger partial charge in [-0.25, -0.2) is 14.4 Å². The predicted molar refractivity (Wildman–Crippen MR) is 90.9 cm³/mol. The highest BCUT2D eigenvalue weighted by molar-refractivity contribution is 9.10. The Morgan fingerprint density at radius 1 is 0.957 bits per heavy atom. The molecule has 3 heterocycles. The van der Waals surface area contributed by atoms with Gasteiger partial charge in [0.2, 0.25) is 0 Å². The first kappa shape index (κ1) is 16.2. The summed E-state index contributed by atoms with van der Waals surface area (Å²) in [5, 5.41) is 0.605. The zero-order valence-corrected chi connectivity index (χ0v) is 14.8. The molecule has 3 aromatic heterocycles. The molecule has 0 saturated carbocycles. The SMILES string of the molecule is Cc1c(Cl)ccnc1-c1c(-c2nccnc2Cl)ncc(Br)c1F. The number of aromatic nitrogens is 4. The van der Waals surface area contributed by atoms with Crippen molar-refractivity contribution in [3.63, 3.8) is 0 Å². The van der Waals surface area contributed by atoms with Gasteiger partial charge in [0.1, 0.15) is 11.4 Å². The Bertz CT molecular complexity index is 905. The molecule has 0 fully saturated rings. The third-order valence-corrected chi connectivity index (χ3v) is 4.46. The largest absolute Gasteiger partial charge is 0.256 e. The molecular weight excluding hydrogens is 406 g/mol. The van der Waals surface area contributed by atoms with Crippen LogP contribution in [0.5, 0.6) is 0 Å². The van der Waals surface area contributed by atoms with Crippen molar-refractivity contribution in [2.75, 3.05) is 0 Å². The van der Waals surface area contributed by atoms with Crippen molar-refractivity contribution >= 4 is 39.1 Å². The van der Waals surface area contributed by atoms with E-state index in [-0.39, 0.29) is 26.6 Å².